The van der Waals surface area contributed by atoms with Crippen LogP contribution in [0.4, 0.5) is 17.1 Å². The van der Waals surface area contributed by atoms with Gasteiger partial charge in [-0.05, 0) is 42.8 Å². The molecule has 0 atom stereocenters. The van der Waals surface area contributed by atoms with Crippen LogP contribution in [0.3, 0.4) is 0 Å². The average Bonchev–Trinajstić information content (AvgIpc) is 2.70. The van der Waals surface area contributed by atoms with Crippen molar-refractivity contribution >= 4 is 23.0 Å². The van der Waals surface area contributed by atoms with Gasteiger partial charge in [-0.25, -0.2) is 0 Å². The lowest BCUT2D eigenvalue weighted by Crippen LogP contribution is -2.10. The van der Waals surface area contributed by atoms with Crippen molar-refractivity contribution in [2.45, 2.75) is 64.7 Å². The van der Waals surface area contributed by atoms with Crippen LogP contribution in [0.25, 0.3) is 0 Å². The van der Waals surface area contributed by atoms with Crippen LogP contribution >= 0.6 is 0 Å². The van der Waals surface area contributed by atoms with Gasteiger partial charge in [0.2, 0.25) is 5.91 Å². The highest BCUT2D eigenvalue weighted by Crippen LogP contribution is 2.20. The highest BCUT2D eigenvalue weighted by molar-refractivity contribution is 5.90. The molecule has 0 aromatic heterocycles. The Morgan fingerprint density at radius 3 is 1.93 bits per heavy atom. The Bertz CT molecular complexity index is 681. The van der Waals surface area contributed by atoms with E-state index in [0.717, 1.165) is 29.9 Å². The Morgan fingerprint density at radius 2 is 1.30 bits per heavy atom. The number of carbonyl (C=O) groups excluding carboxylic acids is 1. The number of amides is 1. The van der Waals surface area contributed by atoms with E-state index in [1.54, 1.807) is 0 Å². The molecule has 4 heteroatoms. The zero-order valence-electron chi connectivity index (χ0n) is 16.4. The van der Waals surface area contributed by atoms with E-state index in [1.165, 1.54) is 38.5 Å². The molecule has 144 valence electrons. The second kappa shape index (κ2) is 12.8. The van der Waals surface area contributed by atoms with Gasteiger partial charge in [-0.15, -0.1) is 0 Å². The molecule has 0 saturated carbocycles. The monoisotopic (exact) mass is 365 g/mol. The summed E-state index contributed by atoms with van der Waals surface area (Å²) >= 11 is 0. The molecule has 0 aliphatic heterocycles. The molecule has 0 bridgehead atoms. The summed E-state index contributed by atoms with van der Waals surface area (Å²) in [5.74, 6) is 0.0830. The van der Waals surface area contributed by atoms with Gasteiger partial charge in [0.25, 0.3) is 0 Å². The lowest BCUT2D eigenvalue weighted by molar-refractivity contribution is -0.116. The van der Waals surface area contributed by atoms with E-state index in [9.17, 15) is 4.79 Å². The number of rotatable bonds is 12. The fourth-order valence-corrected chi connectivity index (χ4v) is 2.86. The quantitative estimate of drug-likeness (QED) is 0.306. The summed E-state index contributed by atoms with van der Waals surface area (Å²) in [6.45, 7) is 2.24. The van der Waals surface area contributed by atoms with Crippen LogP contribution in [-0.2, 0) is 4.79 Å². The first-order valence-corrected chi connectivity index (χ1v) is 10.1. The van der Waals surface area contributed by atoms with E-state index in [4.69, 9.17) is 0 Å². The largest absolute Gasteiger partial charge is 0.326 e. The Labute approximate surface area is 163 Å². The summed E-state index contributed by atoms with van der Waals surface area (Å²) in [4.78, 5) is 12.0. The molecule has 2 aromatic rings. The smallest absolute Gasteiger partial charge is 0.224 e. The maximum atomic E-state index is 12.0. The van der Waals surface area contributed by atoms with Crippen molar-refractivity contribution < 1.29 is 4.79 Å². The number of carbonyl (C=O) groups is 1. The first kappa shape index (κ1) is 20.8. The number of nitrogens with zero attached hydrogens (tertiary/aromatic N) is 2. The molecule has 4 nitrogen and oxygen atoms in total. The standard InChI is InChI=1S/C23H31N3O/c1-2-3-4-5-6-7-8-12-15-23(27)24-20-16-18-22(19-17-20)26-25-21-13-10-9-11-14-21/h9-11,13-14,16-19H,2-8,12,15H2,1H3,(H,24,27). The third-order valence-electron chi connectivity index (χ3n) is 4.45. The topological polar surface area (TPSA) is 53.8 Å². The molecule has 2 aromatic carbocycles. The van der Waals surface area contributed by atoms with Gasteiger partial charge in [0.1, 0.15) is 0 Å². The van der Waals surface area contributed by atoms with Crippen LogP contribution in [0.15, 0.2) is 64.8 Å². The molecule has 2 rings (SSSR count). The summed E-state index contributed by atoms with van der Waals surface area (Å²) in [6.07, 6.45) is 10.5. The van der Waals surface area contributed by atoms with Crippen molar-refractivity contribution in [3.63, 3.8) is 0 Å². The summed E-state index contributed by atoms with van der Waals surface area (Å²) in [5.41, 5.74) is 2.39. The van der Waals surface area contributed by atoms with Crippen LogP contribution in [0.5, 0.6) is 0 Å². The van der Waals surface area contributed by atoms with Crippen LogP contribution in [-0.4, -0.2) is 5.91 Å². The summed E-state index contributed by atoms with van der Waals surface area (Å²) in [5, 5.41) is 11.3. The van der Waals surface area contributed by atoms with E-state index in [1.807, 2.05) is 54.6 Å². The maximum Gasteiger partial charge on any atom is 0.224 e. The summed E-state index contributed by atoms with van der Waals surface area (Å²) in [7, 11) is 0. The molecule has 0 aliphatic rings. The van der Waals surface area contributed by atoms with Gasteiger partial charge in [0.15, 0.2) is 0 Å². The molecule has 0 spiro atoms. The van der Waals surface area contributed by atoms with Gasteiger partial charge >= 0.3 is 0 Å². The lowest BCUT2D eigenvalue weighted by atomic mass is 10.1. The predicted octanol–water partition coefficient (Wildman–Crippen LogP) is 7.57. The Hall–Kier alpha value is -2.49. The van der Waals surface area contributed by atoms with Gasteiger partial charge in [-0.3, -0.25) is 4.79 Å². The summed E-state index contributed by atoms with van der Waals surface area (Å²) in [6, 6.07) is 17.1. The fourth-order valence-electron chi connectivity index (χ4n) is 2.86. The number of anilines is 1. The second-order valence-electron chi connectivity index (χ2n) is 6.86. The van der Waals surface area contributed by atoms with Gasteiger partial charge < -0.3 is 5.32 Å². The Balaban J connectivity index is 1.64. The van der Waals surface area contributed by atoms with Gasteiger partial charge in [0.05, 0.1) is 11.4 Å². The van der Waals surface area contributed by atoms with E-state index < -0.39 is 0 Å². The van der Waals surface area contributed by atoms with Crippen LogP contribution in [0.2, 0.25) is 0 Å². The average molecular weight is 366 g/mol. The SMILES string of the molecule is CCCCCCCCCCC(=O)Nc1ccc(N=Nc2ccccc2)cc1. The number of unbranched alkanes of at least 4 members (excludes halogenated alkanes) is 7. The van der Waals surface area contributed by atoms with Gasteiger partial charge in [0, 0.05) is 12.1 Å². The zero-order chi connectivity index (χ0) is 19.2. The van der Waals surface area contributed by atoms with Crippen molar-refractivity contribution in [1.29, 1.82) is 0 Å². The number of benzene rings is 2. The van der Waals surface area contributed by atoms with Crippen LogP contribution in [0.1, 0.15) is 64.7 Å². The minimum absolute atomic E-state index is 0.0830. The van der Waals surface area contributed by atoms with Crippen LogP contribution in [0, 0.1) is 0 Å². The van der Waals surface area contributed by atoms with E-state index >= 15 is 0 Å². The number of azo groups is 1. The molecule has 0 radical (unpaired) electrons. The maximum absolute atomic E-state index is 12.0. The zero-order valence-corrected chi connectivity index (χ0v) is 16.4. The van der Waals surface area contributed by atoms with Crippen molar-refractivity contribution in [1.82, 2.24) is 0 Å². The predicted molar refractivity (Wildman–Crippen MR) is 113 cm³/mol. The van der Waals surface area contributed by atoms with E-state index in [0.29, 0.717) is 6.42 Å². The number of hydrogen-bond donors (Lipinski definition) is 1. The molecule has 0 aliphatic carbocycles. The molecular formula is C23H31N3O. The van der Waals surface area contributed by atoms with Crippen molar-refractivity contribution in [2.75, 3.05) is 5.32 Å². The van der Waals surface area contributed by atoms with Crippen molar-refractivity contribution in [3.8, 4) is 0 Å². The molecule has 0 unspecified atom stereocenters. The molecule has 0 heterocycles. The molecular weight excluding hydrogens is 334 g/mol. The normalized spacial score (nSPS) is 11.0. The third kappa shape index (κ3) is 9.13. The molecule has 1 amide bonds. The first-order chi connectivity index (χ1) is 13.3. The third-order valence-corrected chi connectivity index (χ3v) is 4.45. The molecule has 27 heavy (non-hydrogen) atoms. The number of nitrogens with one attached hydrogen (secondary N) is 1. The lowest BCUT2D eigenvalue weighted by Gasteiger charge is -2.05. The van der Waals surface area contributed by atoms with E-state index in [-0.39, 0.29) is 5.91 Å². The molecule has 0 fully saturated rings. The second-order valence-corrected chi connectivity index (χ2v) is 6.86. The van der Waals surface area contributed by atoms with Gasteiger partial charge in [-0.2, -0.15) is 10.2 Å². The highest BCUT2D eigenvalue weighted by Gasteiger charge is 2.02. The van der Waals surface area contributed by atoms with Crippen molar-refractivity contribution in [3.05, 3.63) is 54.6 Å². The first-order valence-electron chi connectivity index (χ1n) is 10.1. The summed E-state index contributed by atoms with van der Waals surface area (Å²) < 4.78 is 0. The van der Waals surface area contributed by atoms with Crippen molar-refractivity contribution in [2.24, 2.45) is 10.2 Å². The molecule has 0 saturated heterocycles. The van der Waals surface area contributed by atoms with E-state index in [2.05, 4.69) is 22.5 Å². The number of hydrogen-bond acceptors (Lipinski definition) is 3. The van der Waals surface area contributed by atoms with Gasteiger partial charge in [-0.1, -0.05) is 70.1 Å². The molecule has 1 N–H and O–H groups in total. The Morgan fingerprint density at radius 1 is 0.741 bits per heavy atom. The minimum Gasteiger partial charge on any atom is -0.326 e. The highest BCUT2D eigenvalue weighted by atomic mass is 16.1. The fraction of sp³-hybridized carbons (Fsp3) is 0.435. The minimum atomic E-state index is 0.0830. The van der Waals surface area contributed by atoms with Crippen LogP contribution < -0.4 is 5.32 Å². The Kier molecular flexibility index (Phi) is 9.87.